The van der Waals surface area contributed by atoms with Gasteiger partial charge in [0.25, 0.3) is 5.56 Å². The van der Waals surface area contributed by atoms with Crippen molar-refractivity contribution in [2.45, 2.75) is 13.2 Å². The van der Waals surface area contributed by atoms with Gasteiger partial charge in [-0.05, 0) is 11.6 Å². The minimum absolute atomic E-state index is 0.0107. The number of nitrogens with one attached hydrogen (secondary N) is 1. The van der Waals surface area contributed by atoms with Crippen LogP contribution in [-0.4, -0.2) is 20.6 Å². The Morgan fingerprint density at radius 3 is 2.64 bits per heavy atom. The van der Waals surface area contributed by atoms with Crippen molar-refractivity contribution in [3.05, 3.63) is 92.4 Å². The Labute approximate surface area is 141 Å². The van der Waals surface area contributed by atoms with Gasteiger partial charge in [0.05, 0.1) is 0 Å². The number of rotatable bonds is 5. The van der Waals surface area contributed by atoms with Crippen LogP contribution in [0.25, 0.3) is 0 Å². The molecule has 1 aromatic heterocycles. The molecule has 0 unspecified atom stereocenters. The average molecular weight is 342 g/mol. The number of aliphatic hydroxyl groups is 1. The van der Waals surface area contributed by atoms with Crippen molar-refractivity contribution in [2.75, 3.05) is 0 Å². The van der Waals surface area contributed by atoms with Crippen molar-refractivity contribution >= 4 is 5.97 Å². The van der Waals surface area contributed by atoms with Crippen LogP contribution in [0.1, 0.15) is 5.56 Å². The molecule has 128 valence electrons. The third-order valence-electron chi connectivity index (χ3n) is 3.43. The van der Waals surface area contributed by atoms with Gasteiger partial charge in [0, 0.05) is 18.8 Å². The lowest BCUT2D eigenvalue weighted by atomic mass is 10.2. The quantitative estimate of drug-likeness (QED) is 0.783. The maximum atomic E-state index is 11.6. The summed E-state index contributed by atoms with van der Waals surface area (Å²) in [6.45, 7) is 0.149. The van der Waals surface area contributed by atoms with Crippen LogP contribution >= 0.6 is 0 Å². The van der Waals surface area contributed by atoms with E-state index in [1.807, 2.05) is 30.3 Å². The summed E-state index contributed by atoms with van der Waals surface area (Å²) in [6.07, 6.45) is 2.71. The Kier molecular flexibility index (Phi) is 4.51. The molecule has 2 N–H and O–H groups in total. The zero-order valence-corrected chi connectivity index (χ0v) is 13.0. The second-order valence-electron chi connectivity index (χ2n) is 5.17. The summed E-state index contributed by atoms with van der Waals surface area (Å²) in [6, 6.07) is 10.4. The summed E-state index contributed by atoms with van der Waals surface area (Å²) in [5, 5.41) is 9.82. The summed E-state index contributed by atoms with van der Waals surface area (Å²) in [4.78, 5) is 36.4. The smallest absolute Gasteiger partial charge is 0.383 e. The van der Waals surface area contributed by atoms with Gasteiger partial charge >= 0.3 is 11.7 Å². The van der Waals surface area contributed by atoms with Crippen molar-refractivity contribution in [3.63, 3.8) is 0 Å². The highest BCUT2D eigenvalue weighted by Gasteiger charge is 2.31. The molecule has 0 aliphatic carbocycles. The molecular weight excluding hydrogens is 328 g/mol. The molecule has 0 atom stereocenters. The van der Waals surface area contributed by atoms with Crippen molar-refractivity contribution in [1.29, 1.82) is 0 Å². The molecule has 0 saturated carbocycles. The van der Waals surface area contributed by atoms with Gasteiger partial charge in [-0.2, -0.15) is 0 Å². The molecular formula is C17H14N2O6. The van der Waals surface area contributed by atoms with Crippen LogP contribution in [-0.2, 0) is 27.4 Å². The fraction of sp³-hybridized carbons (Fsp3) is 0.118. The molecule has 0 fully saturated rings. The molecule has 8 heteroatoms. The van der Waals surface area contributed by atoms with E-state index in [0.29, 0.717) is 0 Å². The highest BCUT2D eigenvalue weighted by atomic mass is 16.6. The first kappa shape index (κ1) is 16.3. The van der Waals surface area contributed by atoms with Crippen molar-refractivity contribution < 1.29 is 19.4 Å². The predicted molar refractivity (Wildman–Crippen MR) is 86.4 cm³/mol. The Morgan fingerprint density at radius 2 is 1.92 bits per heavy atom. The number of cyclic esters (lactones) is 1. The third-order valence-corrected chi connectivity index (χ3v) is 3.43. The molecule has 25 heavy (non-hydrogen) atoms. The number of H-pyrrole nitrogens is 1. The van der Waals surface area contributed by atoms with Crippen LogP contribution in [0.4, 0.5) is 0 Å². The third kappa shape index (κ3) is 3.69. The number of carbonyl (C=O) groups is 1. The van der Waals surface area contributed by atoms with Gasteiger partial charge in [0.2, 0.25) is 11.5 Å². The van der Waals surface area contributed by atoms with Crippen LogP contribution in [0.15, 0.2) is 75.5 Å². The molecule has 1 aliphatic heterocycles. The second-order valence-corrected chi connectivity index (χ2v) is 5.17. The van der Waals surface area contributed by atoms with E-state index in [4.69, 9.17) is 9.47 Å². The normalized spacial score (nSPS) is 15.5. The first-order valence-electron chi connectivity index (χ1n) is 7.37. The van der Waals surface area contributed by atoms with E-state index in [1.165, 1.54) is 22.9 Å². The standard InChI is InChI=1S/C17H14N2O6/c20-13-7-9-19(17(23)18-13)8-6-12-15(14(21)16(22)25-12)24-10-11-4-2-1-3-5-11/h1-7,9,21H,8,10H2,(H,18,20,23)/b12-6-. The van der Waals surface area contributed by atoms with Gasteiger partial charge in [-0.15, -0.1) is 0 Å². The monoisotopic (exact) mass is 342 g/mol. The number of esters is 1. The number of nitrogens with zero attached hydrogens (tertiary/aromatic N) is 1. The van der Waals surface area contributed by atoms with Crippen molar-refractivity contribution in [1.82, 2.24) is 9.55 Å². The molecule has 2 heterocycles. The summed E-state index contributed by atoms with van der Waals surface area (Å²) in [5.41, 5.74) is -0.266. The van der Waals surface area contributed by atoms with E-state index in [0.717, 1.165) is 5.56 Å². The first-order valence-corrected chi connectivity index (χ1v) is 7.37. The van der Waals surface area contributed by atoms with Crippen LogP contribution in [0.3, 0.4) is 0 Å². The van der Waals surface area contributed by atoms with Gasteiger partial charge in [-0.1, -0.05) is 30.3 Å². The summed E-state index contributed by atoms with van der Waals surface area (Å²) in [5.74, 6) is -1.64. The number of hydrogen-bond acceptors (Lipinski definition) is 6. The number of hydrogen-bond donors (Lipinski definition) is 2. The molecule has 8 nitrogen and oxygen atoms in total. The van der Waals surface area contributed by atoms with Gasteiger partial charge in [-0.25, -0.2) is 9.59 Å². The Balaban J connectivity index is 1.78. The molecule has 0 bridgehead atoms. The largest absolute Gasteiger partial charge is 0.499 e. The van der Waals surface area contributed by atoms with E-state index in [2.05, 4.69) is 4.98 Å². The minimum atomic E-state index is -0.928. The minimum Gasteiger partial charge on any atom is -0.499 e. The lowest BCUT2D eigenvalue weighted by molar-refractivity contribution is -0.135. The Bertz CT molecular complexity index is 968. The number of benzene rings is 1. The number of aromatic amines is 1. The molecule has 1 aliphatic rings. The van der Waals surface area contributed by atoms with Crippen molar-refractivity contribution in [2.24, 2.45) is 0 Å². The molecule has 0 amide bonds. The SMILES string of the molecule is O=C1O/C(=C\Cn2ccc(=O)[nH]c2=O)C(OCc2ccccc2)=C1O. The number of ether oxygens (including phenoxy) is 2. The first-order chi connectivity index (χ1) is 12.0. The van der Waals surface area contributed by atoms with E-state index < -0.39 is 23.0 Å². The van der Waals surface area contributed by atoms with Crippen LogP contribution in [0, 0.1) is 0 Å². The number of aromatic nitrogens is 2. The summed E-state index contributed by atoms with van der Waals surface area (Å²) >= 11 is 0. The van der Waals surface area contributed by atoms with Crippen LogP contribution in [0.5, 0.6) is 0 Å². The van der Waals surface area contributed by atoms with Crippen molar-refractivity contribution in [3.8, 4) is 0 Å². The maximum Gasteiger partial charge on any atom is 0.383 e. The van der Waals surface area contributed by atoms with E-state index in [-0.39, 0.29) is 24.7 Å². The molecule has 0 saturated heterocycles. The van der Waals surface area contributed by atoms with Gasteiger partial charge in [-0.3, -0.25) is 14.3 Å². The second kappa shape index (κ2) is 6.91. The maximum absolute atomic E-state index is 11.6. The number of allylic oxidation sites excluding steroid dienone is 1. The molecule has 0 spiro atoms. The van der Waals surface area contributed by atoms with Gasteiger partial charge < -0.3 is 14.6 Å². The fourth-order valence-electron chi connectivity index (χ4n) is 2.18. The predicted octanol–water partition coefficient (Wildman–Crippen LogP) is 0.964. The lowest BCUT2D eigenvalue weighted by Crippen LogP contribution is -2.28. The lowest BCUT2D eigenvalue weighted by Gasteiger charge is -2.08. The Hall–Kier alpha value is -3.55. The number of aliphatic hydroxyl groups excluding tert-OH is 1. The van der Waals surface area contributed by atoms with E-state index >= 15 is 0 Å². The van der Waals surface area contributed by atoms with Gasteiger partial charge in [0.1, 0.15) is 6.61 Å². The van der Waals surface area contributed by atoms with Gasteiger partial charge in [0.15, 0.2) is 5.76 Å². The van der Waals surface area contributed by atoms with Crippen LogP contribution in [0.2, 0.25) is 0 Å². The molecule has 2 aromatic rings. The fourth-order valence-corrected chi connectivity index (χ4v) is 2.18. The topological polar surface area (TPSA) is 111 Å². The zero-order chi connectivity index (χ0) is 17.8. The summed E-state index contributed by atoms with van der Waals surface area (Å²) < 4.78 is 11.6. The molecule has 0 radical (unpaired) electrons. The van der Waals surface area contributed by atoms with E-state index in [1.54, 1.807) is 0 Å². The zero-order valence-electron chi connectivity index (χ0n) is 13.0. The number of carbonyl (C=O) groups excluding carboxylic acids is 1. The highest BCUT2D eigenvalue weighted by molar-refractivity contribution is 5.91. The summed E-state index contributed by atoms with van der Waals surface area (Å²) in [7, 11) is 0. The Morgan fingerprint density at radius 1 is 1.16 bits per heavy atom. The highest BCUT2D eigenvalue weighted by Crippen LogP contribution is 2.26. The van der Waals surface area contributed by atoms with Crippen LogP contribution < -0.4 is 11.2 Å². The molecule has 1 aromatic carbocycles. The molecule has 3 rings (SSSR count). The average Bonchev–Trinajstić information content (AvgIpc) is 2.87. The van der Waals surface area contributed by atoms with E-state index in [9.17, 15) is 19.5 Å².